The minimum Gasteiger partial charge on any atom is -0.299 e. The first-order valence-corrected chi connectivity index (χ1v) is 19.2. The number of Topliss-reactive ketones (excluding diaryl/α,β-unsaturated/α-hetero) is 1. The smallest absolute Gasteiger partial charge is 0.243 e. The number of piperidine rings is 2. The molecule has 0 amide bonds. The van der Waals surface area contributed by atoms with E-state index in [0.29, 0.717) is 10.6 Å². The van der Waals surface area contributed by atoms with E-state index in [1.165, 1.54) is 8.61 Å². The topological polar surface area (TPSA) is 91.8 Å². The van der Waals surface area contributed by atoms with Gasteiger partial charge >= 0.3 is 0 Å². The van der Waals surface area contributed by atoms with Crippen LogP contribution in [0.1, 0.15) is 47.2 Å². The Kier molecular flexibility index (Phi) is 8.54. The molecular weight excluding hydrogens is 664 g/mol. The maximum atomic E-state index is 14.8. The van der Waals surface area contributed by atoms with Crippen molar-refractivity contribution in [2.45, 2.75) is 54.6 Å². The number of carbonyl (C=O) groups is 1. The lowest BCUT2D eigenvalue weighted by molar-refractivity contribution is -0.132. The van der Waals surface area contributed by atoms with Crippen molar-refractivity contribution in [2.75, 3.05) is 6.54 Å². The molecule has 0 spiro atoms. The van der Waals surface area contributed by atoms with E-state index in [4.69, 9.17) is 11.6 Å². The van der Waals surface area contributed by atoms with Crippen LogP contribution in [-0.4, -0.2) is 43.8 Å². The molecule has 48 heavy (non-hydrogen) atoms. The van der Waals surface area contributed by atoms with Crippen molar-refractivity contribution in [1.82, 2.24) is 8.61 Å². The first-order chi connectivity index (χ1) is 22.9. The molecule has 10 heteroatoms. The number of aryl methyl sites for hydroxylation is 2. The van der Waals surface area contributed by atoms with Gasteiger partial charge in [0, 0.05) is 29.9 Å². The first kappa shape index (κ1) is 32.7. The second kappa shape index (κ2) is 12.5. The van der Waals surface area contributed by atoms with Crippen LogP contribution in [-0.2, 0) is 24.8 Å². The van der Waals surface area contributed by atoms with Crippen molar-refractivity contribution in [3.63, 3.8) is 0 Å². The third kappa shape index (κ3) is 5.77. The van der Waals surface area contributed by atoms with Gasteiger partial charge in [0.1, 0.15) is 5.78 Å². The van der Waals surface area contributed by atoms with E-state index < -0.39 is 44.1 Å². The zero-order chi connectivity index (χ0) is 33.8. The number of benzene rings is 5. The van der Waals surface area contributed by atoms with Crippen LogP contribution in [0.15, 0.2) is 125 Å². The molecule has 7 nitrogen and oxygen atoms in total. The maximum absolute atomic E-state index is 14.8. The highest BCUT2D eigenvalue weighted by Crippen LogP contribution is 2.49. The maximum Gasteiger partial charge on any atom is 0.243 e. The van der Waals surface area contributed by atoms with E-state index in [2.05, 4.69) is 0 Å². The highest BCUT2D eigenvalue weighted by Gasteiger charge is 2.54. The number of ketones is 1. The molecule has 2 saturated heterocycles. The summed E-state index contributed by atoms with van der Waals surface area (Å²) in [5.74, 6) is -1.05. The Morgan fingerprint density at radius 1 is 0.667 bits per heavy atom. The van der Waals surface area contributed by atoms with Crippen LogP contribution >= 0.6 is 11.6 Å². The van der Waals surface area contributed by atoms with Crippen molar-refractivity contribution in [3.05, 3.63) is 143 Å². The number of fused-ring (bicyclic) bond motifs is 2. The molecule has 0 aromatic heterocycles. The van der Waals surface area contributed by atoms with Gasteiger partial charge in [0.25, 0.3) is 0 Å². The molecule has 0 aliphatic carbocycles. The second-order valence-electron chi connectivity index (χ2n) is 12.8. The van der Waals surface area contributed by atoms with Gasteiger partial charge < -0.3 is 0 Å². The molecule has 0 bridgehead atoms. The molecule has 0 N–H and O–H groups in total. The van der Waals surface area contributed by atoms with Gasteiger partial charge in [-0.15, -0.1) is 0 Å². The summed E-state index contributed by atoms with van der Waals surface area (Å²) in [6, 6.07) is 31.5. The monoisotopic (exact) mass is 698 g/mol. The fourth-order valence-electron chi connectivity index (χ4n) is 7.28. The molecule has 2 aliphatic rings. The van der Waals surface area contributed by atoms with E-state index in [1.54, 1.807) is 72.8 Å². The number of hydrogen-bond acceptors (Lipinski definition) is 5. The Labute approximate surface area is 286 Å². The van der Waals surface area contributed by atoms with Crippen molar-refractivity contribution < 1.29 is 21.6 Å². The summed E-state index contributed by atoms with van der Waals surface area (Å²) in [5, 5.41) is 2.31. The molecule has 7 rings (SSSR count). The van der Waals surface area contributed by atoms with Crippen molar-refractivity contribution in [3.8, 4) is 0 Å². The minimum absolute atomic E-state index is 0.0880. The summed E-state index contributed by atoms with van der Waals surface area (Å²) in [7, 11) is -8.26. The van der Waals surface area contributed by atoms with Gasteiger partial charge in [-0.25, -0.2) is 16.8 Å². The SMILES string of the molecule is Cc1ccc(S(=O)(=O)N2C[C@H]3C(=O)CC(c4ccc(Cl)cc4)N(S(=O)(=O)c4ccc(C)cc4)[C@H]3CC2c2cccc3ccccc23)cc1. The van der Waals surface area contributed by atoms with Crippen molar-refractivity contribution in [2.24, 2.45) is 5.92 Å². The summed E-state index contributed by atoms with van der Waals surface area (Å²) >= 11 is 6.22. The van der Waals surface area contributed by atoms with Gasteiger partial charge in [0.15, 0.2) is 0 Å². The van der Waals surface area contributed by atoms with E-state index >= 15 is 0 Å². The lowest BCUT2D eigenvalue weighted by atomic mass is 9.77. The molecule has 4 atom stereocenters. The van der Waals surface area contributed by atoms with E-state index in [-0.39, 0.29) is 35.0 Å². The normalized spacial score (nSPS) is 22.4. The van der Waals surface area contributed by atoms with Gasteiger partial charge in [0.05, 0.1) is 21.9 Å². The van der Waals surface area contributed by atoms with Gasteiger partial charge in [-0.05, 0) is 78.6 Å². The van der Waals surface area contributed by atoms with Crippen molar-refractivity contribution >= 4 is 48.2 Å². The number of nitrogens with zero attached hydrogens (tertiary/aromatic N) is 2. The molecule has 5 aromatic rings. The molecule has 0 saturated carbocycles. The zero-order valence-corrected chi connectivity index (χ0v) is 28.9. The molecular formula is C38H35ClN2O5S2. The number of sulfonamides is 2. The minimum atomic E-state index is -4.16. The highest BCUT2D eigenvalue weighted by molar-refractivity contribution is 7.89. The third-order valence-electron chi connectivity index (χ3n) is 9.76. The van der Waals surface area contributed by atoms with Crippen LogP contribution < -0.4 is 0 Å². The van der Waals surface area contributed by atoms with Crippen LogP contribution in [0.25, 0.3) is 10.8 Å². The fraction of sp³-hybridized carbons (Fsp3) is 0.237. The third-order valence-corrected chi connectivity index (χ3v) is 13.8. The molecule has 2 aliphatic heterocycles. The lowest BCUT2D eigenvalue weighted by Crippen LogP contribution is -2.60. The van der Waals surface area contributed by atoms with Gasteiger partial charge in [-0.3, -0.25) is 4.79 Å². The fourth-order valence-corrected chi connectivity index (χ4v) is 10.9. The first-order valence-electron chi connectivity index (χ1n) is 15.9. The second-order valence-corrected chi connectivity index (χ2v) is 16.9. The largest absolute Gasteiger partial charge is 0.299 e. The van der Waals surface area contributed by atoms with Gasteiger partial charge in [0.2, 0.25) is 20.0 Å². The number of carbonyl (C=O) groups excluding carboxylic acids is 1. The Balaban J connectivity index is 1.42. The average Bonchev–Trinajstić information content (AvgIpc) is 3.08. The van der Waals surface area contributed by atoms with Crippen LogP contribution in [0.2, 0.25) is 5.02 Å². The average molecular weight is 699 g/mol. The molecule has 2 unspecified atom stereocenters. The predicted octanol–water partition coefficient (Wildman–Crippen LogP) is 7.64. The number of hydrogen-bond donors (Lipinski definition) is 0. The predicted molar refractivity (Wildman–Crippen MR) is 188 cm³/mol. The Bertz CT molecular complexity index is 2220. The molecule has 0 radical (unpaired) electrons. The van der Waals surface area contributed by atoms with E-state index in [9.17, 15) is 21.6 Å². The molecule has 2 heterocycles. The quantitative estimate of drug-likeness (QED) is 0.182. The van der Waals surface area contributed by atoms with Crippen LogP contribution in [0, 0.1) is 19.8 Å². The van der Waals surface area contributed by atoms with Crippen LogP contribution in [0.3, 0.4) is 0 Å². The molecule has 246 valence electrons. The molecule has 5 aromatic carbocycles. The molecule has 2 fully saturated rings. The lowest BCUT2D eigenvalue weighted by Gasteiger charge is -2.51. The van der Waals surface area contributed by atoms with E-state index in [1.807, 2.05) is 56.3 Å². The highest BCUT2D eigenvalue weighted by atomic mass is 35.5. The van der Waals surface area contributed by atoms with Crippen LogP contribution in [0.5, 0.6) is 0 Å². The Morgan fingerprint density at radius 3 is 1.90 bits per heavy atom. The van der Waals surface area contributed by atoms with Crippen LogP contribution in [0.4, 0.5) is 0 Å². The summed E-state index contributed by atoms with van der Waals surface area (Å²) < 4.78 is 61.5. The van der Waals surface area contributed by atoms with Gasteiger partial charge in [-0.1, -0.05) is 102 Å². The van der Waals surface area contributed by atoms with Gasteiger partial charge in [-0.2, -0.15) is 8.61 Å². The summed E-state index contributed by atoms with van der Waals surface area (Å²) in [4.78, 5) is 14.4. The zero-order valence-electron chi connectivity index (χ0n) is 26.5. The Hall–Kier alpha value is -3.86. The number of rotatable bonds is 6. The van der Waals surface area contributed by atoms with Crippen molar-refractivity contribution in [1.29, 1.82) is 0 Å². The summed E-state index contributed by atoms with van der Waals surface area (Å²) in [5.41, 5.74) is 3.25. The summed E-state index contributed by atoms with van der Waals surface area (Å²) in [6.45, 7) is 3.63. The van der Waals surface area contributed by atoms with E-state index in [0.717, 1.165) is 27.5 Å². The Morgan fingerprint density at radius 2 is 1.25 bits per heavy atom. The summed E-state index contributed by atoms with van der Waals surface area (Å²) in [6.07, 6.45) is -0.00404. The standard InChI is InChI=1S/C38H35ClN2O5S2/c1-25-10-18-30(19-11-25)47(43,44)40-24-34-37(22-36(40)33-9-5-7-27-6-3-4-8-32(27)33)41(48(45,46)31-20-12-26(2)13-21-31)35(23-38(34)42)28-14-16-29(39)17-15-28/h3-21,34-37H,22-24H2,1-2H3/t34-,35?,36?,37+/m1/s1. The number of halogens is 1.